The fourth-order valence-electron chi connectivity index (χ4n) is 5.19. The van der Waals surface area contributed by atoms with Gasteiger partial charge in [0.1, 0.15) is 11.4 Å². The van der Waals surface area contributed by atoms with Crippen LogP contribution in [0.25, 0.3) is 10.9 Å². The van der Waals surface area contributed by atoms with E-state index in [0.717, 1.165) is 31.2 Å². The molecule has 0 spiro atoms. The molecule has 1 aromatic heterocycles. The number of hydrogen-bond donors (Lipinski definition) is 1. The Bertz CT molecular complexity index is 1280. The largest absolute Gasteiger partial charge is 0.483 e. The number of rotatable bonds is 11. The quantitative estimate of drug-likeness (QED) is 0.399. The Morgan fingerprint density at radius 2 is 1.79 bits per heavy atom. The molecule has 2 aliphatic heterocycles. The number of carbonyl (C=O) groups excluding carboxylic acids is 4. The molecule has 2 aromatic rings. The predicted octanol–water partition coefficient (Wildman–Crippen LogP) is 2.37. The molecule has 228 valence electrons. The average molecular weight is 584 g/mol. The van der Waals surface area contributed by atoms with Crippen LogP contribution in [0.15, 0.2) is 24.3 Å². The highest BCUT2D eigenvalue weighted by Crippen LogP contribution is 2.27. The van der Waals surface area contributed by atoms with Gasteiger partial charge < -0.3 is 34.2 Å². The average Bonchev–Trinajstić information content (AvgIpc) is 3.46. The number of methoxy groups -OCH3 is 1. The van der Waals surface area contributed by atoms with Gasteiger partial charge in [-0.15, -0.1) is 0 Å². The number of carbonyl (C=O) groups is 4. The van der Waals surface area contributed by atoms with Gasteiger partial charge in [-0.2, -0.15) is 0 Å². The molecule has 1 aromatic carbocycles. The standard InChI is InChI=1S/C30H41N5O7/c1-4-5-15-41-30(39)34-13-11-33(12-14-34)27(36)18-31-29(38)25-17-26(23-9-8-21(2)16-24(23)32-25)42-20-28(37)35-10-6-7-22(35)19-40-3/h8-9,16-17,22H,4-7,10-15,18-20H2,1-3H3,(H,31,38). The van der Waals surface area contributed by atoms with E-state index in [2.05, 4.69) is 10.3 Å². The second-order valence-corrected chi connectivity index (χ2v) is 10.7. The van der Waals surface area contributed by atoms with Gasteiger partial charge in [0.15, 0.2) is 6.61 Å². The fourth-order valence-corrected chi connectivity index (χ4v) is 5.19. The number of amides is 4. The van der Waals surface area contributed by atoms with Crippen molar-refractivity contribution in [1.29, 1.82) is 0 Å². The Morgan fingerprint density at radius 3 is 2.52 bits per heavy atom. The molecule has 2 aliphatic rings. The van der Waals surface area contributed by atoms with E-state index in [1.54, 1.807) is 21.8 Å². The van der Waals surface area contributed by atoms with Gasteiger partial charge in [-0.05, 0) is 43.9 Å². The van der Waals surface area contributed by atoms with E-state index in [1.165, 1.54) is 6.07 Å². The summed E-state index contributed by atoms with van der Waals surface area (Å²) < 4.78 is 16.5. The normalized spacial score (nSPS) is 16.9. The van der Waals surface area contributed by atoms with E-state index in [4.69, 9.17) is 14.2 Å². The number of hydrogen-bond acceptors (Lipinski definition) is 8. The highest BCUT2D eigenvalue weighted by molar-refractivity contribution is 5.98. The summed E-state index contributed by atoms with van der Waals surface area (Å²) in [6.07, 6.45) is 3.20. The van der Waals surface area contributed by atoms with Crippen LogP contribution in [0.2, 0.25) is 0 Å². The molecular weight excluding hydrogens is 542 g/mol. The summed E-state index contributed by atoms with van der Waals surface area (Å²) in [5, 5.41) is 3.34. The maximum atomic E-state index is 13.1. The van der Waals surface area contributed by atoms with Crippen molar-refractivity contribution in [2.75, 3.05) is 66.2 Å². The molecule has 4 rings (SSSR count). The Labute approximate surface area is 246 Å². The van der Waals surface area contributed by atoms with Crippen molar-refractivity contribution in [2.45, 2.75) is 45.6 Å². The number of unbranched alkanes of at least 4 members (excludes halogenated alkanes) is 1. The van der Waals surface area contributed by atoms with Gasteiger partial charge in [-0.1, -0.05) is 19.4 Å². The van der Waals surface area contributed by atoms with Crippen LogP contribution in [0, 0.1) is 6.92 Å². The van der Waals surface area contributed by atoms with E-state index < -0.39 is 5.91 Å². The molecule has 2 saturated heterocycles. The minimum Gasteiger partial charge on any atom is -0.483 e. The number of nitrogens with zero attached hydrogens (tertiary/aromatic N) is 4. The van der Waals surface area contributed by atoms with Crippen LogP contribution >= 0.6 is 0 Å². The number of aromatic nitrogens is 1. The Morgan fingerprint density at radius 1 is 1.02 bits per heavy atom. The molecule has 2 fully saturated rings. The highest BCUT2D eigenvalue weighted by atomic mass is 16.6. The molecule has 12 heteroatoms. The van der Waals surface area contributed by atoms with Crippen molar-refractivity contribution in [3.63, 3.8) is 0 Å². The number of benzene rings is 1. The first-order valence-electron chi connectivity index (χ1n) is 14.6. The number of likely N-dealkylation sites (tertiary alicyclic amines) is 1. The van der Waals surface area contributed by atoms with Gasteiger partial charge in [0.2, 0.25) is 5.91 Å². The fraction of sp³-hybridized carbons (Fsp3) is 0.567. The number of aryl methyl sites for hydroxylation is 1. The van der Waals surface area contributed by atoms with Crippen LogP contribution in [0.4, 0.5) is 4.79 Å². The second-order valence-electron chi connectivity index (χ2n) is 10.7. The Hall–Kier alpha value is -3.93. The topological polar surface area (TPSA) is 131 Å². The number of nitrogens with one attached hydrogen (secondary N) is 1. The first kappa shape index (κ1) is 31.0. The van der Waals surface area contributed by atoms with Crippen LogP contribution in [0.5, 0.6) is 5.75 Å². The monoisotopic (exact) mass is 583 g/mol. The summed E-state index contributed by atoms with van der Waals surface area (Å²) in [5.74, 6) is -0.551. The third-order valence-corrected chi connectivity index (χ3v) is 7.58. The molecule has 0 bridgehead atoms. The zero-order valence-electron chi connectivity index (χ0n) is 24.7. The van der Waals surface area contributed by atoms with Crippen LogP contribution in [0.3, 0.4) is 0 Å². The summed E-state index contributed by atoms with van der Waals surface area (Å²) in [6.45, 7) is 6.56. The lowest BCUT2D eigenvalue weighted by Gasteiger charge is -2.34. The molecule has 1 N–H and O–H groups in total. The SMILES string of the molecule is CCCCOC(=O)N1CCN(C(=O)CNC(=O)c2cc(OCC(=O)N3CCCC3COC)c3ccc(C)cc3n2)CC1. The van der Waals surface area contributed by atoms with Crippen molar-refractivity contribution in [2.24, 2.45) is 0 Å². The van der Waals surface area contributed by atoms with Gasteiger partial charge in [-0.25, -0.2) is 9.78 Å². The van der Waals surface area contributed by atoms with E-state index in [1.807, 2.05) is 32.0 Å². The molecule has 0 saturated carbocycles. The van der Waals surface area contributed by atoms with Gasteiger partial charge in [-0.3, -0.25) is 14.4 Å². The first-order chi connectivity index (χ1) is 20.3. The van der Waals surface area contributed by atoms with Gasteiger partial charge in [0.05, 0.1) is 31.3 Å². The van der Waals surface area contributed by atoms with Crippen molar-refractivity contribution in [3.8, 4) is 5.75 Å². The van der Waals surface area contributed by atoms with Crippen molar-refractivity contribution >= 4 is 34.7 Å². The summed E-state index contributed by atoms with van der Waals surface area (Å²) in [5.41, 5.74) is 1.59. The number of piperazine rings is 1. The van der Waals surface area contributed by atoms with Crippen molar-refractivity contribution in [1.82, 2.24) is 25.0 Å². The van der Waals surface area contributed by atoms with Crippen LogP contribution in [-0.4, -0.2) is 116 Å². The van der Waals surface area contributed by atoms with E-state index >= 15 is 0 Å². The third-order valence-electron chi connectivity index (χ3n) is 7.58. The van der Waals surface area contributed by atoms with E-state index in [0.29, 0.717) is 62.6 Å². The highest BCUT2D eigenvalue weighted by Gasteiger charge is 2.29. The molecule has 1 unspecified atom stereocenters. The molecule has 4 amide bonds. The maximum absolute atomic E-state index is 13.1. The van der Waals surface area contributed by atoms with Crippen molar-refractivity contribution in [3.05, 3.63) is 35.5 Å². The first-order valence-corrected chi connectivity index (χ1v) is 14.6. The number of fused-ring (bicyclic) bond motifs is 1. The molecule has 3 heterocycles. The molecular formula is C30H41N5O7. The summed E-state index contributed by atoms with van der Waals surface area (Å²) in [6, 6.07) is 7.14. The minimum atomic E-state index is -0.527. The maximum Gasteiger partial charge on any atom is 0.409 e. The van der Waals surface area contributed by atoms with Crippen LogP contribution < -0.4 is 10.1 Å². The summed E-state index contributed by atoms with van der Waals surface area (Å²) >= 11 is 0. The van der Waals surface area contributed by atoms with Gasteiger partial charge >= 0.3 is 6.09 Å². The summed E-state index contributed by atoms with van der Waals surface area (Å²) in [4.78, 5) is 60.5. The summed E-state index contributed by atoms with van der Waals surface area (Å²) in [7, 11) is 1.62. The van der Waals surface area contributed by atoms with E-state index in [9.17, 15) is 19.2 Å². The molecule has 42 heavy (non-hydrogen) atoms. The molecule has 0 aliphatic carbocycles. The Balaban J connectivity index is 1.35. The number of ether oxygens (including phenoxy) is 3. The molecule has 1 atom stereocenters. The zero-order valence-corrected chi connectivity index (χ0v) is 24.7. The van der Waals surface area contributed by atoms with Gasteiger partial charge in [0.25, 0.3) is 11.8 Å². The predicted molar refractivity (Wildman–Crippen MR) is 155 cm³/mol. The van der Waals surface area contributed by atoms with Crippen LogP contribution in [-0.2, 0) is 19.1 Å². The van der Waals surface area contributed by atoms with Crippen LogP contribution in [0.1, 0.15) is 48.7 Å². The van der Waals surface area contributed by atoms with Gasteiger partial charge in [0, 0.05) is 51.3 Å². The van der Waals surface area contributed by atoms with Crippen molar-refractivity contribution < 1.29 is 33.4 Å². The smallest absolute Gasteiger partial charge is 0.409 e. The third kappa shape index (κ3) is 7.87. The van der Waals surface area contributed by atoms with E-state index in [-0.39, 0.29) is 42.8 Å². The molecule has 12 nitrogen and oxygen atoms in total. The zero-order chi connectivity index (χ0) is 30.1. The lowest BCUT2D eigenvalue weighted by molar-refractivity contribution is -0.135. The Kier molecular flexibility index (Phi) is 10.9. The number of pyridine rings is 1. The lowest BCUT2D eigenvalue weighted by Crippen LogP contribution is -2.52. The molecule has 0 radical (unpaired) electrons. The lowest BCUT2D eigenvalue weighted by atomic mass is 10.1. The minimum absolute atomic E-state index is 0.0319. The second kappa shape index (κ2) is 14.8.